The predicted octanol–water partition coefficient (Wildman–Crippen LogP) is 3.07. The van der Waals surface area contributed by atoms with Crippen molar-refractivity contribution < 1.29 is 13.2 Å². The van der Waals surface area contributed by atoms with Crippen LogP contribution in [0.4, 0.5) is 5.69 Å². The number of nitrogens with one attached hydrogen (secondary N) is 1. The summed E-state index contributed by atoms with van der Waals surface area (Å²) in [5, 5.41) is 2.88. The highest BCUT2D eigenvalue weighted by Gasteiger charge is 2.30. The molecule has 0 radical (unpaired) electrons. The van der Waals surface area contributed by atoms with Crippen LogP contribution in [0.2, 0.25) is 0 Å². The molecule has 0 aromatic heterocycles. The summed E-state index contributed by atoms with van der Waals surface area (Å²) in [5.74, 6) is -0.100. The van der Waals surface area contributed by atoms with Gasteiger partial charge >= 0.3 is 0 Å². The number of sulfonamides is 1. The van der Waals surface area contributed by atoms with Gasteiger partial charge in [-0.05, 0) is 93.2 Å². The molecule has 2 aromatic carbocycles. The summed E-state index contributed by atoms with van der Waals surface area (Å²) in [6, 6.07) is 12.8. The molecule has 31 heavy (non-hydrogen) atoms. The van der Waals surface area contributed by atoms with Gasteiger partial charge in [-0.3, -0.25) is 4.79 Å². The molecule has 1 aliphatic heterocycles. The summed E-state index contributed by atoms with van der Waals surface area (Å²) < 4.78 is 27.5. The maximum absolute atomic E-state index is 13.0. The monoisotopic (exact) mass is 441 g/mol. The fourth-order valence-electron chi connectivity index (χ4n) is 4.56. The van der Waals surface area contributed by atoms with Gasteiger partial charge < -0.3 is 10.2 Å². The fourth-order valence-corrected chi connectivity index (χ4v) is 5.97. The molecule has 2 aliphatic rings. The van der Waals surface area contributed by atoms with Crippen LogP contribution < -0.4 is 5.32 Å². The lowest BCUT2D eigenvalue weighted by Crippen LogP contribution is -2.44. The Labute approximate surface area is 185 Å². The Kier molecular flexibility index (Phi) is 6.46. The number of rotatable bonds is 6. The van der Waals surface area contributed by atoms with E-state index in [0.29, 0.717) is 12.1 Å². The zero-order chi connectivity index (χ0) is 22.0. The SMILES string of the molecule is CN1CCC(N(C)S(=O)(=O)c2ccc(NC(=O)Cc3ccc4c(c3)CCC4)cc2)CC1. The lowest BCUT2D eigenvalue weighted by molar-refractivity contribution is -0.115. The average Bonchev–Trinajstić information content (AvgIpc) is 3.22. The van der Waals surface area contributed by atoms with E-state index in [1.165, 1.54) is 21.9 Å². The molecule has 1 amide bonds. The third-order valence-corrected chi connectivity index (χ3v) is 8.47. The fraction of sp³-hybridized carbons (Fsp3) is 0.458. The van der Waals surface area contributed by atoms with Crippen molar-refractivity contribution in [3.05, 3.63) is 59.2 Å². The first kappa shape index (κ1) is 22.0. The minimum atomic E-state index is -3.55. The number of aryl methyl sites for hydroxylation is 2. The molecular formula is C24H31N3O3S. The van der Waals surface area contributed by atoms with Crippen LogP contribution in [-0.4, -0.2) is 56.8 Å². The summed E-state index contributed by atoms with van der Waals surface area (Å²) in [6.07, 6.45) is 5.39. The van der Waals surface area contributed by atoms with Gasteiger partial charge in [-0.15, -0.1) is 0 Å². The molecule has 7 heteroatoms. The second-order valence-electron chi connectivity index (χ2n) is 8.76. The number of amides is 1. The lowest BCUT2D eigenvalue weighted by atomic mass is 10.0. The molecule has 1 saturated heterocycles. The van der Waals surface area contributed by atoms with E-state index in [0.717, 1.165) is 44.3 Å². The summed E-state index contributed by atoms with van der Waals surface area (Å²) in [4.78, 5) is 14.9. The number of fused-ring (bicyclic) bond motifs is 1. The number of carbonyl (C=O) groups excluding carboxylic acids is 1. The van der Waals surface area contributed by atoms with Crippen LogP contribution in [0.3, 0.4) is 0 Å². The van der Waals surface area contributed by atoms with Crippen LogP contribution in [0, 0.1) is 0 Å². The number of hydrogen-bond acceptors (Lipinski definition) is 4. The minimum absolute atomic E-state index is 0.0212. The van der Waals surface area contributed by atoms with Gasteiger partial charge in [0.25, 0.3) is 0 Å². The van der Waals surface area contributed by atoms with Crippen LogP contribution in [0.15, 0.2) is 47.4 Å². The third kappa shape index (κ3) is 5.00. The Balaban J connectivity index is 1.37. The van der Waals surface area contributed by atoms with Crippen molar-refractivity contribution in [3.8, 4) is 0 Å². The van der Waals surface area contributed by atoms with Gasteiger partial charge in [0.2, 0.25) is 15.9 Å². The van der Waals surface area contributed by atoms with E-state index in [9.17, 15) is 13.2 Å². The molecule has 0 bridgehead atoms. The molecule has 6 nitrogen and oxygen atoms in total. The van der Waals surface area contributed by atoms with Crippen LogP contribution in [0.25, 0.3) is 0 Å². The Hall–Kier alpha value is -2.22. The van der Waals surface area contributed by atoms with E-state index in [1.807, 2.05) is 6.07 Å². The average molecular weight is 442 g/mol. The largest absolute Gasteiger partial charge is 0.326 e. The Morgan fingerprint density at radius 3 is 2.45 bits per heavy atom. The predicted molar refractivity (Wildman–Crippen MR) is 123 cm³/mol. The van der Waals surface area contributed by atoms with Crippen molar-refractivity contribution in [1.82, 2.24) is 9.21 Å². The van der Waals surface area contributed by atoms with Crippen molar-refractivity contribution in [1.29, 1.82) is 0 Å². The van der Waals surface area contributed by atoms with E-state index in [4.69, 9.17) is 0 Å². The third-order valence-electron chi connectivity index (χ3n) is 6.54. The van der Waals surface area contributed by atoms with Gasteiger partial charge in [0, 0.05) is 18.8 Å². The number of likely N-dealkylation sites (tertiary alicyclic amines) is 1. The van der Waals surface area contributed by atoms with Crippen molar-refractivity contribution in [2.24, 2.45) is 0 Å². The lowest BCUT2D eigenvalue weighted by Gasteiger charge is -2.34. The van der Waals surface area contributed by atoms with Crippen molar-refractivity contribution in [2.45, 2.75) is 49.5 Å². The number of carbonyl (C=O) groups is 1. The van der Waals surface area contributed by atoms with E-state index in [1.54, 1.807) is 31.3 Å². The van der Waals surface area contributed by atoms with E-state index < -0.39 is 10.0 Å². The molecule has 2 aromatic rings. The Morgan fingerprint density at radius 1 is 1.06 bits per heavy atom. The normalized spacial score (nSPS) is 17.6. The molecule has 1 fully saturated rings. The molecule has 0 spiro atoms. The Bertz CT molecular complexity index is 1040. The highest BCUT2D eigenvalue weighted by Crippen LogP contribution is 2.25. The molecule has 4 rings (SSSR count). The van der Waals surface area contributed by atoms with Gasteiger partial charge in [0.15, 0.2) is 0 Å². The number of nitrogens with zero attached hydrogens (tertiary/aromatic N) is 2. The minimum Gasteiger partial charge on any atom is -0.326 e. The van der Waals surface area contributed by atoms with Gasteiger partial charge in [-0.2, -0.15) is 4.31 Å². The quantitative estimate of drug-likeness (QED) is 0.748. The van der Waals surface area contributed by atoms with Gasteiger partial charge in [0.1, 0.15) is 0 Å². The van der Waals surface area contributed by atoms with Crippen LogP contribution >= 0.6 is 0 Å². The zero-order valence-corrected chi connectivity index (χ0v) is 19.1. The standard InChI is InChI=1S/C24H31N3O3S/c1-26-14-12-22(13-15-26)27(2)31(29,30)23-10-8-21(9-11-23)25-24(28)17-18-6-7-19-4-3-5-20(19)16-18/h6-11,16,22H,3-5,12-15,17H2,1-2H3,(H,25,28). The summed E-state index contributed by atoms with van der Waals surface area (Å²) in [5.41, 5.74) is 4.36. The van der Waals surface area contributed by atoms with Crippen LogP contribution in [0.5, 0.6) is 0 Å². The molecule has 0 saturated carbocycles. The smallest absolute Gasteiger partial charge is 0.243 e. The maximum Gasteiger partial charge on any atom is 0.243 e. The first-order valence-corrected chi connectivity index (χ1v) is 12.4. The molecule has 0 atom stereocenters. The van der Waals surface area contributed by atoms with Crippen molar-refractivity contribution >= 4 is 21.6 Å². The molecule has 1 N–H and O–H groups in total. The second kappa shape index (κ2) is 9.10. The van der Waals surface area contributed by atoms with Gasteiger partial charge in [-0.25, -0.2) is 8.42 Å². The first-order valence-electron chi connectivity index (χ1n) is 11.0. The summed E-state index contributed by atoms with van der Waals surface area (Å²) in [7, 11) is 0.168. The van der Waals surface area contributed by atoms with E-state index in [-0.39, 0.29) is 16.8 Å². The molecule has 166 valence electrons. The number of benzene rings is 2. The molecule has 1 heterocycles. The van der Waals surface area contributed by atoms with Crippen molar-refractivity contribution in [3.63, 3.8) is 0 Å². The molecule has 0 unspecified atom stereocenters. The summed E-state index contributed by atoms with van der Waals surface area (Å²) >= 11 is 0. The highest BCUT2D eigenvalue weighted by atomic mass is 32.2. The Morgan fingerprint density at radius 2 is 1.74 bits per heavy atom. The van der Waals surface area contributed by atoms with Crippen LogP contribution in [0.1, 0.15) is 36.0 Å². The topological polar surface area (TPSA) is 69.7 Å². The van der Waals surface area contributed by atoms with Crippen LogP contribution in [-0.2, 0) is 34.1 Å². The van der Waals surface area contributed by atoms with Crippen molar-refractivity contribution in [2.75, 3.05) is 32.5 Å². The first-order chi connectivity index (χ1) is 14.8. The number of hydrogen-bond donors (Lipinski definition) is 1. The van der Waals surface area contributed by atoms with E-state index >= 15 is 0 Å². The molecular weight excluding hydrogens is 410 g/mol. The maximum atomic E-state index is 13.0. The van der Waals surface area contributed by atoms with E-state index in [2.05, 4.69) is 29.4 Å². The number of piperidine rings is 1. The summed E-state index contributed by atoms with van der Waals surface area (Å²) in [6.45, 7) is 1.80. The van der Waals surface area contributed by atoms with Gasteiger partial charge in [-0.1, -0.05) is 18.2 Å². The second-order valence-corrected chi connectivity index (χ2v) is 10.8. The molecule has 1 aliphatic carbocycles. The van der Waals surface area contributed by atoms with Gasteiger partial charge in [0.05, 0.1) is 11.3 Å². The zero-order valence-electron chi connectivity index (χ0n) is 18.3. The highest BCUT2D eigenvalue weighted by molar-refractivity contribution is 7.89. The number of anilines is 1.